The molecule has 0 aromatic carbocycles. The van der Waals surface area contributed by atoms with Crippen LogP contribution in [0.5, 0.6) is 0 Å². The lowest BCUT2D eigenvalue weighted by Crippen LogP contribution is -2.31. The van der Waals surface area contributed by atoms with Gasteiger partial charge in [0.05, 0.1) is 5.69 Å². The molecule has 16 heavy (non-hydrogen) atoms. The van der Waals surface area contributed by atoms with Gasteiger partial charge in [-0.3, -0.25) is 0 Å². The fourth-order valence-corrected chi connectivity index (χ4v) is 2.56. The Morgan fingerprint density at radius 3 is 2.69 bits per heavy atom. The van der Waals surface area contributed by atoms with Crippen LogP contribution in [-0.2, 0) is 13.1 Å². The summed E-state index contributed by atoms with van der Waals surface area (Å²) in [7, 11) is 0. The highest BCUT2D eigenvalue weighted by molar-refractivity contribution is 5.38. The number of aromatic nitrogens is 2. The summed E-state index contributed by atoms with van der Waals surface area (Å²) >= 11 is 0. The molecule has 1 fully saturated rings. The molecule has 1 aromatic rings. The van der Waals surface area contributed by atoms with E-state index in [0.717, 1.165) is 37.8 Å². The number of hydrogen-bond donors (Lipinski definition) is 1. The van der Waals surface area contributed by atoms with Gasteiger partial charge in [0.25, 0.3) is 0 Å². The Bertz CT molecular complexity index is 396. The van der Waals surface area contributed by atoms with Gasteiger partial charge in [-0.15, -0.1) is 0 Å². The molecule has 1 aromatic heterocycles. The second-order valence-electron chi connectivity index (χ2n) is 4.69. The zero-order valence-electron chi connectivity index (χ0n) is 9.79. The van der Waals surface area contributed by atoms with Crippen LogP contribution in [0.2, 0.25) is 0 Å². The van der Waals surface area contributed by atoms with Crippen molar-refractivity contribution < 1.29 is 0 Å². The molecule has 0 amide bonds. The van der Waals surface area contributed by atoms with Gasteiger partial charge < -0.3 is 10.2 Å². The minimum atomic E-state index is 0.902. The third-order valence-corrected chi connectivity index (χ3v) is 3.52. The molecule has 3 rings (SSSR count). The summed E-state index contributed by atoms with van der Waals surface area (Å²) < 4.78 is 0. The Labute approximate surface area is 96.1 Å². The first-order chi connectivity index (χ1) is 7.84. The van der Waals surface area contributed by atoms with Gasteiger partial charge in [0.15, 0.2) is 0 Å². The largest absolute Gasteiger partial charge is 0.341 e. The molecule has 3 heterocycles. The van der Waals surface area contributed by atoms with Gasteiger partial charge in [0, 0.05) is 37.4 Å². The highest BCUT2D eigenvalue weighted by Crippen LogP contribution is 2.21. The third-order valence-electron chi connectivity index (χ3n) is 3.52. The molecule has 0 atom stereocenters. The summed E-state index contributed by atoms with van der Waals surface area (Å²) in [5.41, 5.74) is 3.66. The van der Waals surface area contributed by atoms with Crippen LogP contribution >= 0.6 is 0 Å². The predicted octanol–water partition coefficient (Wildman–Crippen LogP) is 1.38. The zero-order chi connectivity index (χ0) is 11.0. The quantitative estimate of drug-likeness (QED) is 0.773. The van der Waals surface area contributed by atoms with Gasteiger partial charge in [-0.05, 0) is 26.2 Å². The standard InChI is InChI=1S/C12H18N4/c1-9-10-7-13-8-11(10)15-12(14-9)16-5-3-2-4-6-16/h13H,2-8H2,1H3. The number of piperidine rings is 1. The highest BCUT2D eigenvalue weighted by Gasteiger charge is 2.20. The van der Waals surface area contributed by atoms with Gasteiger partial charge >= 0.3 is 0 Å². The van der Waals surface area contributed by atoms with Crippen LogP contribution < -0.4 is 10.2 Å². The van der Waals surface area contributed by atoms with Crippen LogP contribution in [0.25, 0.3) is 0 Å². The van der Waals surface area contributed by atoms with E-state index in [1.54, 1.807) is 0 Å². The number of anilines is 1. The smallest absolute Gasteiger partial charge is 0.225 e. The molecule has 0 aliphatic carbocycles. The van der Waals surface area contributed by atoms with Crippen molar-refractivity contribution in [1.29, 1.82) is 0 Å². The van der Waals surface area contributed by atoms with Crippen LogP contribution in [0.15, 0.2) is 0 Å². The van der Waals surface area contributed by atoms with E-state index in [4.69, 9.17) is 4.98 Å². The van der Waals surface area contributed by atoms with Gasteiger partial charge in [0.2, 0.25) is 5.95 Å². The highest BCUT2D eigenvalue weighted by atomic mass is 15.3. The molecule has 0 spiro atoms. The number of rotatable bonds is 1. The van der Waals surface area contributed by atoms with E-state index in [1.807, 2.05) is 0 Å². The SMILES string of the molecule is Cc1nc(N2CCCCC2)nc2c1CNC2. The lowest BCUT2D eigenvalue weighted by Gasteiger charge is -2.27. The first kappa shape index (κ1) is 10.0. The molecule has 1 N–H and O–H groups in total. The van der Waals surface area contributed by atoms with Crippen LogP contribution in [0.4, 0.5) is 5.95 Å². The molecule has 0 unspecified atom stereocenters. The molecular formula is C12H18N4. The van der Waals surface area contributed by atoms with E-state index in [9.17, 15) is 0 Å². The molecule has 4 nitrogen and oxygen atoms in total. The summed E-state index contributed by atoms with van der Waals surface area (Å²) in [5.74, 6) is 0.944. The monoisotopic (exact) mass is 218 g/mol. The van der Waals surface area contributed by atoms with Crippen molar-refractivity contribution in [3.8, 4) is 0 Å². The summed E-state index contributed by atoms with van der Waals surface area (Å²) in [6.07, 6.45) is 3.90. The molecule has 4 heteroatoms. The van der Waals surface area contributed by atoms with Crippen LogP contribution in [0.1, 0.15) is 36.2 Å². The second kappa shape index (κ2) is 4.01. The van der Waals surface area contributed by atoms with Crippen LogP contribution in [0, 0.1) is 6.92 Å². The van der Waals surface area contributed by atoms with E-state index in [1.165, 1.54) is 30.5 Å². The van der Waals surface area contributed by atoms with Crippen LogP contribution in [0.3, 0.4) is 0 Å². The van der Waals surface area contributed by atoms with Gasteiger partial charge in [-0.25, -0.2) is 9.97 Å². The normalized spacial score (nSPS) is 19.9. The van der Waals surface area contributed by atoms with Crippen molar-refractivity contribution in [2.24, 2.45) is 0 Å². The maximum absolute atomic E-state index is 4.69. The topological polar surface area (TPSA) is 41.1 Å². The molecule has 1 saturated heterocycles. The second-order valence-corrected chi connectivity index (χ2v) is 4.69. The fourth-order valence-electron chi connectivity index (χ4n) is 2.56. The van der Waals surface area contributed by atoms with E-state index >= 15 is 0 Å². The fraction of sp³-hybridized carbons (Fsp3) is 0.667. The first-order valence-corrected chi connectivity index (χ1v) is 6.16. The average molecular weight is 218 g/mol. The Kier molecular flexibility index (Phi) is 2.52. The van der Waals surface area contributed by atoms with Crippen molar-refractivity contribution in [2.45, 2.75) is 39.3 Å². The molecule has 0 bridgehead atoms. The maximum Gasteiger partial charge on any atom is 0.225 e. The number of fused-ring (bicyclic) bond motifs is 1. The molecule has 86 valence electrons. The average Bonchev–Trinajstić information content (AvgIpc) is 2.79. The van der Waals surface area contributed by atoms with Crippen molar-refractivity contribution in [1.82, 2.24) is 15.3 Å². The number of hydrogen-bond acceptors (Lipinski definition) is 4. The first-order valence-electron chi connectivity index (χ1n) is 6.16. The van der Waals surface area contributed by atoms with E-state index < -0.39 is 0 Å². The zero-order valence-corrected chi connectivity index (χ0v) is 9.79. The molecular weight excluding hydrogens is 200 g/mol. The molecule has 2 aliphatic heterocycles. The lowest BCUT2D eigenvalue weighted by molar-refractivity contribution is 0.566. The minimum Gasteiger partial charge on any atom is -0.341 e. The van der Waals surface area contributed by atoms with Crippen LogP contribution in [-0.4, -0.2) is 23.1 Å². The Hall–Kier alpha value is -1.16. The maximum atomic E-state index is 4.69. The summed E-state index contributed by atoms with van der Waals surface area (Å²) in [6.45, 7) is 6.17. The van der Waals surface area contributed by atoms with E-state index in [2.05, 4.69) is 22.1 Å². The summed E-state index contributed by atoms with van der Waals surface area (Å²) in [6, 6.07) is 0. The van der Waals surface area contributed by atoms with Crippen molar-refractivity contribution in [2.75, 3.05) is 18.0 Å². The third kappa shape index (κ3) is 1.67. The van der Waals surface area contributed by atoms with Crippen molar-refractivity contribution in [3.05, 3.63) is 17.0 Å². The van der Waals surface area contributed by atoms with Crippen molar-refractivity contribution >= 4 is 5.95 Å². The van der Waals surface area contributed by atoms with E-state index in [-0.39, 0.29) is 0 Å². The minimum absolute atomic E-state index is 0.902. The van der Waals surface area contributed by atoms with Gasteiger partial charge in [-0.1, -0.05) is 0 Å². The molecule has 0 radical (unpaired) electrons. The van der Waals surface area contributed by atoms with Gasteiger partial charge in [0.1, 0.15) is 0 Å². The predicted molar refractivity (Wildman–Crippen MR) is 63.4 cm³/mol. The molecule has 0 saturated carbocycles. The summed E-state index contributed by atoms with van der Waals surface area (Å²) in [5, 5.41) is 3.34. The Morgan fingerprint density at radius 2 is 1.88 bits per heavy atom. The lowest BCUT2D eigenvalue weighted by atomic mass is 10.1. The Morgan fingerprint density at radius 1 is 1.06 bits per heavy atom. The number of aryl methyl sites for hydroxylation is 1. The summed E-state index contributed by atoms with van der Waals surface area (Å²) in [4.78, 5) is 11.7. The van der Waals surface area contributed by atoms with E-state index in [0.29, 0.717) is 0 Å². The Balaban J connectivity index is 1.92. The molecule has 2 aliphatic rings. The number of nitrogens with zero attached hydrogens (tertiary/aromatic N) is 3. The van der Waals surface area contributed by atoms with Gasteiger partial charge in [-0.2, -0.15) is 0 Å². The number of nitrogens with one attached hydrogen (secondary N) is 1. The van der Waals surface area contributed by atoms with Crippen molar-refractivity contribution in [3.63, 3.8) is 0 Å².